The number of fused-ring (bicyclic) bond motifs is 1. The Labute approximate surface area is 284 Å². The number of hydrogen-bond donors (Lipinski definition) is 4. The fourth-order valence-corrected chi connectivity index (χ4v) is 7.79. The highest BCUT2D eigenvalue weighted by Gasteiger charge is 2.57. The van der Waals surface area contributed by atoms with Gasteiger partial charge in [-0.1, -0.05) is 65.1 Å². The van der Waals surface area contributed by atoms with Crippen LogP contribution >= 0.6 is 34.9 Å². The number of carbonyl (C=O) groups excluding carboxylic acids is 2. The van der Waals surface area contributed by atoms with E-state index in [-0.39, 0.29) is 65.2 Å². The number of carbonyl (C=O) groups is 4. The van der Waals surface area contributed by atoms with Gasteiger partial charge in [0.25, 0.3) is 5.91 Å². The summed E-state index contributed by atoms with van der Waals surface area (Å²) >= 11 is 3.31. The molecule has 0 saturated carbocycles. The second kappa shape index (κ2) is 15.3. The van der Waals surface area contributed by atoms with E-state index in [1.165, 1.54) is 22.7 Å². The van der Waals surface area contributed by atoms with Crippen LogP contribution in [0.15, 0.2) is 63.8 Å². The molecule has 2 saturated heterocycles. The number of thiazole rings is 1. The van der Waals surface area contributed by atoms with Crippen LogP contribution in [0.25, 0.3) is 0 Å². The second-order valence-corrected chi connectivity index (χ2v) is 13.2. The molecule has 48 heavy (non-hydrogen) atoms. The highest BCUT2D eigenvalue weighted by molar-refractivity contribution is 8.00. The van der Waals surface area contributed by atoms with Gasteiger partial charge in [0.1, 0.15) is 35.7 Å². The summed E-state index contributed by atoms with van der Waals surface area (Å²) in [5.74, 6) is -3.62. The molecule has 2 aliphatic rings. The zero-order valence-electron chi connectivity index (χ0n) is 24.9. The zero-order valence-corrected chi connectivity index (χ0v) is 27.3. The van der Waals surface area contributed by atoms with E-state index in [1.807, 2.05) is 30.3 Å². The molecule has 5 rings (SSSR count). The Balaban J connectivity index is 1.23. The number of oxime groups is 2. The third-order valence-corrected chi connectivity index (χ3v) is 10.5. The number of nitrogens with two attached hydrogens (primary N) is 1. The molecule has 0 aliphatic carbocycles. The predicted molar refractivity (Wildman–Crippen MR) is 174 cm³/mol. The van der Waals surface area contributed by atoms with Gasteiger partial charge in [0, 0.05) is 23.4 Å². The minimum atomic E-state index is -1.40. The number of amides is 2. The molecule has 2 amide bonds. The largest absolute Gasteiger partial charge is 0.481 e. The van der Waals surface area contributed by atoms with Crippen LogP contribution in [0.5, 0.6) is 0 Å². The highest BCUT2D eigenvalue weighted by atomic mass is 32.2. The monoisotopic (exact) mass is 716 g/mol. The van der Waals surface area contributed by atoms with Crippen LogP contribution in [0.4, 0.5) is 5.13 Å². The van der Waals surface area contributed by atoms with Crippen LogP contribution in [0.1, 0.15) is 11.3 Å². The molecule has 0 spiro atoms. The van der Waals surface area contributed by atoms with Crippen molar-refractivity contribution in [2.45, 2.75) is 29.7 Å². The Morgan fingerprint density at radius 3 is 2.71 bits per heavy atom. The third kappa shape index (κ3) is 7.74. The van der Waals surface area contributed by atoms with Crippen LogP contribution in [-0.2, 0) is 42.0 Å². The molecule has 3 atom stereocenters. The number of aliphatic carboxylic acids is 2. The number of carboxylic acid groups (broad SMARTS) is 2. The van der Waals surface area contributed by atoms with E-state index in [2.05, 4.69) is 42.7 Å². The lowest BCUT2D eigenvalue weighted by atomic mass is 9.89. The molecule has 0 radical (unpaired) electrons. The van der Waals surface area contributed by atoms with Gasteiger partial charge in [-0.2, -0.15) is 0 Å². The SMILES string of the molecule is C=CCON=C(Cn1nnnc1SCC1(C(=O)O)CS[C@@H]2C(NC(=O)C(=NOCc3ccccc3)c3csc(N)n3)C(=O)N2C1)C(=O)O. The van der Waals surface area contributed by atoms with Crippen LogP contribution in [0.2, 0.25) is 0 Å². The summed E-state index contributed by atoms with van der Waals surface area (Å²) in [6.45, 7) is 3.06. The summed E-state index contributed by atoms with van der Waals surface area (Å²) in [6.07, 6.45) is 1.40. The van der Waals surface area contributed by atoms with Gasteiger partial charge in [-0.05, 0) is 16.0 Å². The number of thioether (sulfide) groups is 2. The van der Waals surface area contributed by atoms with Gasteiger partial charge in [0.2, 0.25) is 11.1 Å². The van der Waals surface area contributed by atoms with E-state index in [0.29, 0.717) is 0 Å². The topological polar surface area (TPSA) is 250 Å². The number of hydrogen-bond acceptors (Lipinski definition) is 16. The molecule has 4 heterocycles. The smallest absolute Gasteiger partial charge is 0.355 e. The van der Waals surface area contributed by atoms with Crippen molar-refractivity contribution in [1.29, 1.82) is 0 Å². The molecule has 1 aromatic carbocycles. The Kier molecular flexibility index (Phi) is 10.9. The maximum absolute atomic E-state index is 13.4. The molecule has 18 nitrogen and oxygen atoms in total. The fraction of sp³-hybridized carbons (Fsp3) is 0.333. The normalized spacial score (nSPS) is 20.8. The first-order valence-corrected chi connectivity index (χ1v) is 16.9. The first kappa shape index (κ1) is 34.3. The van der Waals surface area contributed by atoms with E-state index < -0.39 is 40.6 Å². The summed E-state index contributed by atoms with van der Waals surface area (Å²) in [4.78, 5) is 66.6. The average molecular weight is 717 g/mol. The van der Waals surface area contributed by atoms with Crippen molar-refractivity contribution in [2.75, 3.05) is 30.4 Å². The average Bonchev–Trinajstić information content (AvgIpc) is 3.72. The summed E-state index contributed by atoms with van der Waals surface area (Å²) < 4.78 is 1.15. The molecule has 252 valence electrons. The Morgan fingerprint density at radius 1 is 1.23 bits per heavy atom. The number of nitrogen functional groups attached to an aromatic ring is 1. The number of β-lactam (4-membered cyclic amide) rings is 1. The number of anilines is 1. The number of tetrazole rings is 1. The molecular weight excluding hydrogens is 689 g/mol. The van der Waals surface area contributed by atoms with Gasteiger partial charge in [0.15, 0.2) is 16.6 Å². The van der Waals surface area contributed by atoms with Crippen LogP contribution < -0.4 is 11.1 Å². The second-order valence-electron chi connectivity index (χ2n) is 10.3. The van der Waals surface area contributed by atoms with Crippen molar-refractivity contribution in [3.05, 3.63) is 59.6 Å². The van der Waals surface area contributed by atoms with E-state index in [1.54, 1.807) is 5.38 Å². The van der Waals surface area contributed by atoms with Crippen molar-refractivity contribution in [2.24, 2.45) is 15.7 Å². The third-order valence-electron chi connectivity index (χ3n) is 6.98. The fourth-order valence-electron chi connectivity index (χ4n) is 4.51. The molecular formula is C27H28N10O8S3. The summed E-state index contributed by atoms with van der Waals surface area (Å²) in [5.41, 5.74) is 4.82. The van der Waals surface area contributed by atoms with Gasteiger partial charge in [-0.15, -0.1) is 28.2 Å². The minimum absolute atomic E-state index is 0.00755. The maximum atomic E-state index is 13.4. The molecule has 21 heteroatoms. The number of rotatable bonds is 16. The number of carboxylic acids is 2. The van der Waals surface area contributed by atoms with Gasteiger partial charge in [-0.25, -0.2) is 14.5 Å². The summed E-state index contributed by atoms with van der Waals surface area (Å²) in [7, 11) is 0. The Morgan fingerprint density at radius 2 is 2.02 bits per heavy atom. The predicted octanol–water partition coefficient (Wildman–Crippen LogP) is 0.539. The lowest BCUT2D eigenvalue weighted by molar-refractivity contribution is -0.157. The molecule has 2 aromatic heterocycles. The minimum Gasteiger partial charge on any atom is -0.481 e. The lowest BCUT2D eigenvalue weighted by Crippen LogP contribution is -2.74. The first-order valence-electron chi connectivity index (χ1n) is 14.0. The quantitative estimate of drug-likeness (QED) is 0.0394. The van der Waals surface area contributed by atoms with Gasteiger partial charge in [-0.3, -0.25) is 14.4 Å². The molecule has 2 fully saturated rings. The number of nitrogens with one attached hydrogen (secondary N) is 1. The number of nitrogens with zero attached hydrogens (tertiary/aromatic N) is 8. The van der Waals surface area contributed by atoms with Crippen molar-refractivity contribution in [3.63, 3.8) is 0 Å². The lowest BCUT2D eigenvalue weighted by Gasteiger charge is -2.53. The zero-order chi connectivity index (χ0) is 34.3. The van der Waals surface area contributed by atoms with Gasteiger partial charge < -0.3 is 35.8 Å². The van der Waals surface area contributed by atoms with Gasteiger partial charge in [0.05, 0.1) is 6.54 Å². The van der Waals surface area contributed by atoms with E-state index in [9.17, 15) is 29.4 Å². The van der Waals surface area contributed by atoms with E-state index in [0.717, 1.165) is 33.3 Å². The molecule has 2 unspecified atom stereocenters. The van der Waals surface area contributed by atoms with Crippen LogP contribution in [0.3, 0.4) is 0 Å². The Bertz CT molecular complexity index is 1750. The van der Waals surface area contributed by atoms with E-state index in [4.69, 9.17) is 15.4 Å². The number of aromatic nitrogens is 5. The molecule has 0 bridgehead atoms. The summed E-state index contributed by atoms with van der Waals surface area (Å²) in [6, 6.07) is 8.26. The first-order chi connectivity index (χ1) is 23.1. The summed E-state index contributed by atoms with van der Waals surface area (Å²) in [5, 5.41) is 42.6. The Hall–Kier alpha value is -5.02. The van der Waals surface area contributed by atoms with E-state index >= 15 is 0 Å². The van der Waals surface area contributed by atoms with Crippen molar-refractivity contribution >= 4 is 75.2 Å². The standard InChI is InChI=1S/C27H28N10O8S3/c1-2-8-44-32-16(23(40)41)9-37-26(31-34-35-37)48-14-27(24(42)43)12-36-21(39)19(22(36)47-13-27)30-20(38)18(17-11-46-25(28)29-17)33-45-10-15-6-4-3-5-7-15/h2-7,11,19,22H,1,8-10,12-14H2,(H2,28,29)(H,30,38)(H,40,41)(H,42,43)/t19?,22-,27?/m1/s1. The molecule has 5 N–H and O–H groups in total. The van der Waals surface area contributed by atoms with Crippen molar-refractivity contribution in [1.82, 2.24) is 35.4 Å². The van der Waals surface area contributed by atoms with Crippen LogP contribution in [0, 0.1) is 5.41 Å². The number of benzene rings is 1. The molecule has 3 aromatic rings. The van der Waals surface area contributed by atoms with Crippen molar-refractivity contribution < 1.29 is 39.1 Å². The molecule has 2 aliphatic heterocycles. The maximum Gasteiger partial charge on any atom is 0.355 e. The van der Waals surface area contributed by atoms with Crippen LogP contribution in [-0.4, -0.2) is 112 Å². The van der Waals surface area contributed by atoms with Crippen molar-refractivity contribution in [3.8, 4) is 0 Å². The van der Waals surface area contributed by atoms with Gasteiger partial charge >= 0.3 is 11.9 Å². The highest BCUT2D eigenvalue weighted by Crippen LogP contribution is 2.44.